The minimum atomic E-state index is -0.959. The number of ether oxygens (including phenoxy) is 2. The summed E-state index contributed by atoms with van der Waals surface area (Å²) in [6, 6.07) is 8.12. The molecule has 2 fully saturated rings. The molecule has 7 nitrogen and oxygen atoms in total. The van der Waals surface area contributed by atoms with Gasteiger partial charge in [0, 0.05) is 30.8 Å². The van der Waals surface area contributed by atoms with Crippen LogP contribution >= 0.6 is 0 Å². The van der Waals surface area contributed by atoms with Gasteiger partial charge in [-0.25, -0.2) is 9.37 Å². The zero-order valence-electron chi connectivity index (χ0n) is 24.1. The number of carbonyl (C=O) groups is 1. The summed E-state index contributed by atoms with van der Waals surface area (Å²) in [5, 5.41) is 13.7. The van der Waals surface area contributed by atoms with Crippen LogP contribution in [0, 0.1) is 11.2 Å². The molecule has 3 heterocycles. The van der Waals surface area contributed by atoms with E-state index in [0.717, 1.165) is 68.6 Å². The summed E-state index contributed by atoms with van der Waals surface area (Å²) in [5.41, 5.74) is 3.74. The molecule has 5 rings (SSSR count). The average Bonchev–Trinajstić information content (AvgIpc) is 3.25. The number of nitrogens with zero attached hydrogens (tertiary/aromatic N) is 2. The maximum absolute atomic E-state index is 14.4. The van der Waals surface area contributed by atoms with Crippen LogP contribution in [-0.2, 0) is 27.1 Å². The largest absolute Gasteiger partial charge is 0.480 e. The number of hydrogen-bond acceptors (Lipinski definition) is 6. The second-order valence-corrected chi connectivity index (χ2v) is 12.5. The van der Waals surface area contributed by atoms with Gasteiger partial charge in [-0.05, 0) is 92.3 Å². The molecule has 2 aliphatic heterocycles. The highest BCUT2D eigenvalue weighted by molar-refractivity contribution is 5.76. The van der Waals surface area contributed by atoms with Crippen LogP contribution in [-0.4, -0.2) is 66.5 Å². The molecule has 40 heavy (non-hydrogen) atoms. The molecule has 1 unspecified atom stereocenters. The van der Waals surface area contributed by atoms with Crippen molar-refractivity contribution in [3.05, 3.63) is 58.5 Å². The molecule has 1 aromatic carbocycles. The Morgan fingerprint density at radius 2 is 2.08 bits per heavy atom. The van der Waals surface area contributed by atoms with Crippen molar-refractivity contribution < 1.29 is 23.8 Å². The second-order valence-electron chi connectivity index (χ2n) is 12.5. The second kappa shape index (κ2) is 12.5. The average molecular weight is 554 g/mol. The van der Waals surface area contributed by atoms with E-state index in [4.69, 9.17) is 14.5 Å². The Labute approximate surface area is 237 Å². The first-order valence-electron chi connectivity index (χ1n) is 14.9. The van der Waals surface area contributed by atoms with Gasteiger partial charge in [-0.3, -0.25) is 9.69 Å². The summed E-state index contributed by atoms with van der Waals surface area (Å²) in [4.78, 5) is 19.2. The van der Waals surface area contributed by atoms with Crippen molar-refractivity contribution in [1.29, 1.82) is 0 Å². The Balaban J connectivity index is 1.08. The number of aliphatic carboxylic acids is 1. The minimum absolute atomic E-state index is 0.0236. The van der Waals surface area contributed by atoms with Crippen molar-refractivity contribution >= 4 is 11.8 Å². The number of fused-ring (bicyclic) bond motifs is 1. The number of benzene rings is 1. The van der Waals surface area contributed by atoms with Crippen molar-refractivity contribution in [2.24, 2.45) is 5.41 Å². The first-order valence-corrected chi connectivity index (χ1v) is 14.9. The number of likely N-dealkylation sites (N-methyl/N-ethyl adjacent to an activating group) is 1. The number of halogens is 1. The molecule has 1 saturated carbocycles. The fraction of sp³-hybridized carbons (Fsp3) is 0.625. The Kier molecular flexibility index (Phi) is 9.08. The summed E-state index contributed by atoms with van der Waals surface area (Å²) < 4.78 is 26.2. The number of carboxylic acids is 1. The van der Waals surface area contributed by atoms with Crippen molar-refractivity contribution in [1.82, 2.24) is 9.88 Å². The summed E-state index contributed by atoms with van der Waals surface area (Å²) in [7, 11) is 1.84. The maximum Gasteiger partial charge on any atom is 0.325 e. The molecule has 3 aliphatic rings. The molecular weight excluding hydrogens is 509 g/mol. The highest BCUT2D eigenvalue weighted by Gasteiger charge is 2.43. The van der Waals surface area contributed by atoms with Crippen LogP contribution in [0.15, 0.2) is 30.3 Å². The highest BCUT2D eigenvalue weighted by atomic mass is 19.1. The molecule has 0 radical (unpaired) electrons. The third-order valence-electron chi connectivity index (χ3n) is 9.09. The highest BCUT2D eigenvalue weighted by Crippen LogP contribution is 2.45. The fourth-order valence-electron chi connectivity index (χ4n) is 6.46. The molecule has 218 valence electrons. The van der Waals surface area contributed by atoms with E-state index in [1.165, 1.54) is 24.1 Å². The lowest BCUT2D eigenvalue weighted by molar-refractivity contribution is -0.146. The number of rotatable bonds is 12. The molecule has 0 amide bonds. The molecule has 2 N–H and O–H groups in total. The zero-order chi connectivity index (χ0) is 28.3. The van der Waals surface area contributed by atoms with Gasteiger partial charge < -0.3 is 19.9 Å². The van der Waals surface area contributed by atoms with Crippen molar-refractivity contribution in [2.45, 2.75) is 89.3 Å². The van der Waals surface area contributed by atoms with E-state index in [0.29, 0.717) is 25.4 Å². The van der Waals surface area contributed by atoms with E-state index in [9.17, 15) is 14.3 Å². The van der Waals surface area contributed by atoms with Gasteiger partial charge in [0.15, 0.2) is 0 Å². The fourth-order valence-corrected chi connectivity index (χ4v) is 6.46. The molecule has 1 saturated heterocycles. The lowest BCUT2D eigenvalue weighted by atomic mass is 9.75. The number of aromatic nitrogens is 1. The first-order chi connectivity index (χ1) is 19.2. The topological polar surface area (TPSA) is 83.9 Å². The number of carboxylic acid groups (broad SMARTS) is 1. The van der Waals surface area contributed by atoms with E-state index >= 15 is 0 Å². The van der Waals surface area contributed by atoms with Gasteiger partial charge in [0.25, 0.3) is 0 Å². The number of aryl methyl sites for hydroxylation is 2. The molecule has 0 bridgehead atoms. The number of nitrogens with one attached hydrogen (secondary N) is 1. The number of unbranched alkanes of at least 4 members (excludes halogenated alkanes) is 2. The maximum atomic E-state index is 14.4. The Morgan fingerprint density at radius 3 is 2.83 bits per heavy atom. The Bertz CT molecular complexity index is 1180. The molecule has 1 aromatic heterocycles. The molecule has 0 spiro atoms. The predicted molar refractivity (Wildman–Crippen MR) is 153 cm³/mol. The first kappa shape index (κ1) is 29.0. The molecule has 2 atom stereocenters. The third kappa shape index (κ3) is 6.50. The molecule has 2 aromatic rings. The lowest BCUT2D eigenvalue weighted by Gasteiger charge is -2.44. The number of pyridine rings is 1. The van der Waals surface area contributed by atoms with E-state index in [-0.39, 0.29) is 23.5 Å². The van der Waals surface area contributed by atoms with Crippen LogP contribution < -0.4 is 5.32 Å². The van der Waals surface area contributed by atoms with Gasteiger partial charge >= 0.3 is 5.97 Å². The van der Waals surface area contributed by atoms with E-state index in [2.05, 4.69) is 31.3 Å². The quantitative estimate of drug-likeness (QED) is 0.325. The normalized spacial score (nSPS) is 24.3. The lowest BCUT2D eigenvalue weighted by Crippen LogP contribution is -2.49. The molecule has 1 aliphatic carbocycles. The summed E-state index contributed by atoms with van der Waals surface area (Å²) in [6.45, 7) is 7.08. The van der Waals surface area contributed by atoms with Gasteiger partial charge in [0.1, 0.15) is 17.7 Å². The van der Waals surface area contributed by atoms with Crippen LogP contribution in [0.2, 0.25) is 0 Å². The van der Waals surface area contributed by atoms with Gasteiger partial charge in [-0.15, -0.1) is 0 Å². The van der Waals surface area contributed by atoms with E-state index in [1.807, 2.05) is 11.9 Å². The number of anilines is 1. The standard InChI is InChI=1S/C32H44FN3O4/c1-32(2)20-39-19-28(32)26-13-11-22(33)16-27(26)29(31(37)38)36(3)24-17-25(18-24)40-15-6-4-5-9-23-12-10-21-8-7-14-34-30(21)35-23/h10-13,16,24-25,28-29H,4-9,14-15,17-20H2,1-3H3,(H,34,35)(H,37,38)/t24?,25?,28?,29-/m0/s1. The van der Waals surface area contributed by atoms with Gasteiger partial charge in [0.2, 0.25) is 0 Å². The van der Waals surface area contributed by atoms with Crippen molar-refractivity contribution in [2.75, 3.05) is 38.7 Å². The van der Waals surface area contributed by atoms with Gasteiger partial charge in [0.05, 0.1) is 19.3 Å². The smallest absolute Gasteiger partial charge is 0.325 e. The summed E-state index contributed by atoms with van der Waals surface area (Å²) in [6.07, 6.45) is 8.17. The van der Waals surface area contributed by atoms with Crippen LogP contribution in [0.3, 0.4) is 0 Å². The van der Waals surface area contributed by atoms with Gasteiger partial charge in [-0.2, -0.15) is 0 Å². The number of hydrogen-bond donors (Lipinski definition) is 2. The minimum Gasteiger partial charge on any atom is -0.480 e. The van der Waals surface area contributed by atoms with Crippen molar-refractivity contribution in [3.8, 4) is 0 Å². The van der Waals surface area contributed by atoms with Crippen LogP contribution in [0.25, 0.3) is 0 Å². The van der Waals surface area contributed by atoms with Crippen molar-refractivity contribution in [3.63, 3.8) is 0 Å². The third-order valence-corrected chi connectivity index (χ3v) is 9.09. The Hall–Kier alpha value is -2.55. The zero-order valence-corrected chi connectivity index (χ0v) is 24.1. The van der Waals surface area contributed by atoms with Crippen LogP contribution in [0.5, 0.6) is 0 Å². The summed E-state index contributed by atoms with van der Waals surface area (Å²) in [5.74, 6) is -0.286. The SMILES string of the molecule is CN(C1CC(OCCCCCc2ccc3c(n2)NCCC3)C1)[C@H](C(=O)O)c1cc(F)ccc1C1COCC1(C)C. The monoisotopic (exact) mass is 553 g/mol. The molecular formula is C32H44FN3O4. The van der Waals surface area contributed by atoms with Crippen LogP contribution in [0.1, 0.15) is 86.7 Å². The van der Waals surface area contributed by atoms with Crippen LogP contribution in [0.4, 0.5) is 10.2 Å². The molecule has 8 heteroatoms. The summed E-state index contributed by atoms with van der Waals surface area (Å²) >= 11 is 0. The Morgan fingerprint density at radius 1 is 1.25 bits per heavy atom. The van der Waals surface area contributed by atoms with Gasteiger partial charge in [-0.1, -0.05) is 32.4 Å². The predicted octanol–water partition coefficient (Wildman–Crippen LogP) is 5.74. The van der Waals surface area contributed by atoms with E-state index in [1.54, 1.807) is 6.07 Å². The van der Waals surface area contributed by atoms with E-state index < -0.39 is 17.8 Å².